The molecule has 0 aliphatic carbocycles. The molecule has 1 heterocycles. The molecule has 1 aliphatic rings. The molecule has 5 nitrogen and oxygen atoms in total. The first-order valence-electron chi connectivity index (χ1n) is 5.65. The zero-order chi connectivity index (χ0) is 14.0. The number of amides is 2. The summed E-state index contributed by atoms with van der Waals surface area (Å²) in [5, 5.41) is 2.52. The van der Waals surface area contributed by atoms with E-state index in [1.165, 1.54) is 17.9 Å². The van der Waals surface area contributed by atoms with Gasteiger partial charge in [0.2, 0.25) is 5.91 Å². The third-order valence-corrected chi connectivity index (χ3v) is 2.67. The van der Waals surface area contributed by atoms with Crippen LogP contribution in [0.4, 0.5) is 19.3 Å². The highest BCUT2D eigenvalue weighted by Crippen LogP contribution is 2.23. The zero-order valence-electron chi connectivity index (χ0n) is 10.2. The van der Waals surface area contributed by atoms with Crippen LogP contribution < -0.4 is 10.2 Å². The number of anilines is 1. The van der Waals surface area contributed by atoms with Gasteiger partial charge in [0.25, 0.3) is 0 Å². The molecule has 0 unspecified atom stereocenters. The lowest BCUT2D eigenvalue weighted by atomic mass is 10.2. The number of cyclic esters (lactones) is 1. The number of nitrogens with one attached hydrogen (secondary N) is 1. The van der Waals surface area contributed by atoms with Crippen molar-refractivity contribution in [2.24, 2.45) is 0 Å². The van der Waals surface area contributed by atoms with Gasteiger partial charge < -0.3 is 10.1 Å². The Bertz CT molecular complexity index is 522. The highest BCUT2D eigenvalue weighted by atomic mass is 19.2. The number of rotatable bonds is 3. The molecule has 2 amide bonds. The molecule has 1 N–H and O–H groups in total. The van der Waals surface area contributed by atoms with Crippen LogP contribution in [0, 0.1) is 11.6 Å². The third kappa shape index (κ3) is 2.98. The number of hydrogen-bond donors (Lipinski definition) is 1. The largest absolute Gasteiger partial charge is 0.442 e. The predicted octanol–water partition coefficient (Wildman–Crippen LogP) is 1.43. The molecule has 0 radical (unpaired) electrons. The molecule has 7 heteroatoms. The van der Waals surface area contributed by atoms with Gasteiger partial charge in [-0.05, 0) is 12.1 Å². The van der Waals surface area contributed by atoms with E-state index in [9.17, 15) is 18.4 Å². The maximum absolute atomic E-state index is 13.1. The van der Waals surface area contributed by atoms with Gasteiger partial charge >= 0.3 is 6.09 Å². The van der Waals surface area contributed by atoms with Gasteiger partial charge in [0, 0.05) is 13.0 Å². The average Bonchev–Trinajstić information content (AvgIpc) is 2.72. The van der Waals surface area contributed by atoms with Gasteiger partial charge in [-0.2, -0.15) is 0 Å². The van der Waals surface area contributed by atoms with E-state index in [0.717, 1.165) is 12.1 Å². The van der Waals surface area contributed by atoms with Crippen LogP contribution in [0.2, 0.25) is 0 Å². The lowest BCUT2D eigenvalue weighted by Crippen LogP contribution is -2.33. The van der Waals surface area contributed by atoms with E-state index in [2.05, 4.69) is 5.32 Å². The fraction of sp³-hybridized carbons (Fsp3) is 0.333. The Morgan fingerprint density at radius 1 is 1.47 bits per heavy atom. The number of halogens is 2. The Labute approximate surface area is 108 Å². The zero-order valence-corrected chi connectivity index (χ0v) is 10.2. The number of hydrogen-bond acceptors (Lipinski definition) is 3. The van der Waals surface area contributed by atoms with E-state index in [0.29, 0.717) is 0 Å². The second-order valence-corrected chi connectivity index (χ2v) is 4.15. The van der Waals surface area contributed by atoms with Gasteiger partial charge in [0.05, 0.1) is 18.8 Å². The summed E-state index contributed by atoms with van der Waals surface area (Å²) >= 11 is 0. The Hall–Kier alpha value is -2.18. The molecule has 1 fully saturated rings. The standard InChI is InChI=1S/C12H12F2N2O3/c1-7(17)15-5-9-6-16(12(18)19-9)8-2-3-10(13)11(14)4-8/h2-4,9H,5-6H2,1H3,(H,15,17)/t9-/m0/s1. The van der Waals surface area contributed by atoms with Gasteiger partial charge in [-0.1, -0.05) is 0 Å². The Morgan fingerprint density at radius 2 is 2.21 bits per heavy atom. The highest BCUT2D eigenvalue weighted by molar-refractivity contribution is 5.89. The monoisotopic (exact) mass is 270 g/mol. The minimum absolute atomic E-state index is 0.171. The Kier molecular flexibility index (Phi) is 3.64. The molecule has 102 valence electrons. The second-order valence-electron chi connectivity index (χ2n) is 4.15. The maximum atomic E-state index is 13.1. The first-order valence-corrected chi connectivity index (χ1v) is 5.65. The van der Waals surface area contributed by atoms with E-state index in [-0.39, 0.29) is 24.7 Å². The third-order valence-electron chi connectivity index (χ3n) is 2.67. The summed E-state index contributed by atoms with van der Waals surface area (Å²) < 4.78 is 30.9. The van der Waals surface area contributed by atoms with Crippen molar-refractivity contribution in [3.8, 4) is 0 Å². The summed E-state index contributed by atoms with van der Waals surface area (Å²) in [7, 11) is 0. The quantitative estimate of drug-likeness (QED) is 0.903. The van der Waals surface area contributed by atoms with E-state index in [1.54, 1.807) is 0 Å². The first kappa shape index (κ1) is 13.3. The van der Waals surface area contributed by atoms with Gasteiger partial charge in [-0.3, -0.25) is 9.69 Å². The minimum Gasteiger partial charge on any atom is -0.442 e. The lowest BCUT2D eigenvalue weighted by Gasteiger charge is -2.13. The van der Waals surface area contributed by atoms with Crippen molar-refractivity contribution < 1.29 is 23.1 Å². The minimum atomic E-state index is -1.03. The van der Waals surface area contributed by atoms with Crippen molar-refractivity contribution in [2.45, 2.75) is 13.0 Å². The normalized spacial score (nSPS) is 18.4. The van der Waals surface area contributed by atoms with Crippen molar-refractivity contribution in [1.29, 1.82) is 0 Å². The van der Waals surface area contributed by atoms with Gasteiger partial charge in [-0.15, -0.1) is 0 Å². The number of carbonyl (C=O) groups excluding carboxylic acids is 2. The van der Waals surface area contributed by atoms with Crippen molar-refractivity contribution in [1.82, 2.24) is 5.32 Å². The Balaban J connectivity index is 2.07. The summed E-state index contributed by atoms with van der Waals surface area (Å²) in [6.07, 6.45) is -1.16. The van der Waals surface area contributed by atoms with Gasteiger partial charge in [-0.25, -0.2) is 13.6 Å². The average molecular weight is 270 g/mol. The fourth-order valence-corrected chi connectivity index (χ4v) is 1.75. The smallest absolute Gasteiger partial charge is 0.414 e. The summed E-state index contributed by atoms with van der Waals surface area (Å²) in [5.74, 6) is -2.25. The van der Waals surface area contributed by atoms with Crippen LogP contribution in [0.15, 0.2) is 18.2 Å². The molecular formula is C12H12F2N2O3. The molecule has 1 aliphatic heterocycles. The molecule has 0 aromatic heterocycles. The van der Waals surface area contributed by atoms with Crippen molar-refractivity contribution in [2.75, 3.05) is 18.0 Å². The van der Waals surface area contributed by atoms with Crippen LogP contribution in [0.1, 0.15) is 6.92 Å². The summed E-state index contributed by atoms with van der Waals surface area (Å²) in [5.41, 5.74) is 0.217. The number of benzene rings is 1. The van der Waals surface area contributed by atoms with E-state index < -0.39 is 23.8 Å². The molecule has 19 heavy (non-hydrogen) atoms. The van der Waals surface area contributed by atoms with Gasteiger partial charge in [0.15, 0.2) is 11.6 Å². The maximum Gasteiger partial charge on any atom is 0.414 e. The van der Waals surface area contributed by atoms with Crippen LogP contribution in [0.25, 0.3) is 0 Å². The summed E-state index contributed by atoms with van der Waals surface area (Å²) in [6, 6.07) is 3.16. The van der Waals surface area contributed by atoms with E-state index in [4.69, 9.17) is 4.74 Å². The Morgan fingerprint density at radius 3 is 2.84 bits per heavy atom. The molecule has 0 spiro atoms. The van der Waals surface area contributed by atoms with Crippen LogP contribution in [0.3, 0.4) is 0 Å². The second kappa shape index (κ2) is 5.21. The highest BCUT2D eigenvalue weighted by Gasteiger charge is 2.32. The molecular weight excluding hydrogens is 258 g/mol. The molecule has 1 aromatic carbocycles. The molecule has 1 atom stereocenters. The van der Waals surface area contributed by atoms with Crippen LogP contribution in [0.5, 0.6) is 0 Å². The van der Waals surface area contributed by atoms with Crippen molar-refractivity contribution in [3.63, 3.8) is 0 Å². The summed E-state index contributed by atoms with van der Waals surface area (Å²) in [6.45, 7) is 1.70. The first-order chi connectivity index (χ1) is 8.97. The molecule has 1 aromatic rings. The molecule has 1 saturated heterocycles. The number of carbonyl (C=O) groups is 2. The molecule has 0 saturated carbocycles. The topological polar surface area (TPSA) is 58.6 Å². The van der Waals surface area contributed by atoms with Crippen LogP contribution in [-0.4, -0.2) is 31.2 Å². The van der Waals surface area contributed by atoms with Crippen molar-refractivity contribution in [3.05, 3.63) is 29.8 Å². The van der Waals surface area contributed by atoms with E-state index in [1.807, 2.05) is 0 Å². The summed E-state index contributed by atoms with van der Waals surface area (Å²) in [4.78, 5) is 23.5. The molecule has 2 rings (SSSR count). The number of ether oxygens (including phenoxy) is 1. The SMILES string of the molecule is CC(=O)NC[C@H]1CN(c2ccc(F)c(F)c2)C(=O)O1. The fourth-order valence-electron chi connectivity index (χ4n) is 1.75. The predicted molar refractivity (Wildman–Crippen MR) is 62.7 cm³/mol. The van der Waals surface area contributed by atoms with Crippen LogP contribution in [-0.2, 0) is 9.53 Å². The van der Waals surface area contributed by atoms with Gasteiger partial charge in [0.1, 0.15) is 6.10 Å². The van der Waals surface area contributed by atoms with E-state index >= 15 is 0 Å². The molecule has 0 bridgehead atoms. The lowest BCUT2D eigenvalue weighted by molar-refractivity contribution is -0.119. The van der Waals surface area contributed by atoms with Crippen LogP contribution >= 0.6 is 0 Å². The number of nitrogens with zero attached hydrogens (tertiary/aromatic N) is 1. The van der Waals surface area contributed by atoms with Crippen molar-refractivity contribution >= 4 is 17.7 Å².